The number of aromatic nitrogens is 3. The fourth-order valence-electron chi connectivity index (χ4n) is 0.971. The molecule has 2 heterocycles. The summed E-state index contributed by atoms with van der Waals surface area (Å²) in [7, 11) is 0. The molecule has 0 spiro atoms. The third-order valence-electron chi connectivity index (χ3n) is 1.59. The second kappa shape index (κ2) is 1.95. The monoisotopic (exact) mass is 148 g/mol. The first-order chi connectivity index (χ1) is 5.27. The molecule has 0 fully saturated rings. The number of anilines is 1. The Morgan fingerprint density at radius 3 is 3.09 bits per heavy atom. The van der Waals surface area contributed by atoms with Gasteiger partial charge >= 0.3 is 0 Å². The van der Waals surface area contributed by atoms with Crippen LogP contribution in [0.2, 0.25) is 0 Å². The van der Waals surface area contributed by atoms with Crippen LogP contribution in [-0.2, 0) is 0 Å². The van der Waals surface area contributed by atoms with E-state index >= 15 is 0 Å². The second-order valence-electron chi connectivity index (χ2n) is 2.41. The molecule has 56 valence electrons. The number of nitrogens with two attached hydrogens (primary N) is 1. The Morgan fingerprint density at radius 2 is 2.27 bits per heavy atom. The number of fused-ring (bicyclic) bond motifs is 1. The van der Waals surface area contributed by atoms with Gasteiger partial charge in [-0.3, -0.25) is 0 Å². The Bertz CT molecular complexity index is 354. The minimum atomic E-state index is 0.486. The molecule has 0 unspecified atom stereocenters. The number of hydrogen-bond acceptors (Lipinski definition) is 3. The van der Waals surface area contributed by atoms with Crippen molar-refractivity contribution in [3.8, 4) is 0 Å². The summed E-state index contributed by atoms with van der Waals surface area (Å²) in [4.78, 5) is 11.2. The van der Waals surface area contributed by atoms with E-state index in [1.165, 1.54) is 0 Å². The normalized spacial score (nSPS) is 10.6. The Hall–Kier alpha value is -1.58. The van der Waals surface area contributed by atoms with E-state index in [0.29, 0.717) is 5.82 Å². The van der Waals surface area contributed by atoms with Gasteiger partial charge in [0.15, 0.2) is 5.65 Å². The van der Waals surface area contributed by atoms with Gasteiger partial charge in [-0.05, 0) is 13.0 Å². The van der Waals surface area contributed by atoms with Crippen LogP contribution in [0.25, 0.3) is 11.2 Å². The van der Waals surface area contributed by atoms with Gasteiger partial charge in [-0.1, -0.05) is 0 Å². The highest BCUT2D eigenvalue weighted by Crippen LogP contribution is 2.10. The molecule has 0 amide bonds. The number of nitrogen functional groups attached to an aromatic ring is 1. The van der Waals surface area contributed by atoms with E-state index in [2.05, 4.69) is 15.0 Å². The smallest absolute Gasteiger partial charge is 0.158 e. The largest absolute Gasteiger partial charge is 0.382 e. The fourth-order valence-corrected chi connectivity index (χ4v) is 0.971. The summed E-state index contributed by atoms with van der Waals surface area (Å²) in [5.41, 5.74) is 7.93. The van der Waals surface area contributed by atoms with E-state index in [0.717, 1.165) is 16.9 Å². The molecule has 0 aliphatic heterocycles. The van der Waals surface area contributed by atoms with Crippen molar-refractivity contribution < 1.29 is 0 Å². The fraction of sp³-hybridized carbons (Fsp3) is 0.143. The summed E-state index contributed by atoms with van der Waals surface area (Å²) in [6, 6.07) is 1.87. The molecule has 0 radical (unpaired) electrons. The minimum Gasteiger partial charge on any atom is -0.382 e. The number of nitrogens with one attached hydrogen (secondary N) is 1. The van der Waals surface area contributed by atoms with Gasteiger partial charge in [0, 0.05) is 6.20 Å². The van der Waals surface area contributed by atoms with Crippen LogP contribution in [0.15, 0.2) is 12.3 Å². The van der Waals surface area contributed by atoms with Crippen molar-refractivity contribution in [1.29, 1.82) is 0 Å². The standard InChI is InChI=1S/C7H8N4/c1-4-6(8)11-7-5(10-4)2-3-9-7/h2-3H,1H3,(H3,8,9,11). The number of aromatic amines is 1. The third kappa shape index (κ3) is 0.832. The van der Waals surface area contributed by atoms with Crippen LogP contribution in [0.1, 0.15) is 5.69 Å². The molecule has 0 saturated carbocycles. The van der Waals surface area contributed by atoms with Crippen LogP contribution in [0.3, 0.4) is 0 Å². The van der Waals surface area contributed by atoms with Crippen LogP contribution >= 0.6 is 0 Å². The summed E-state index contributed by atoms with van der Waals surface area (Å²) in [5, 5.41) is 0. The topological polar surface area (TPSA) is 67.6 Å². The maximum absolute atomic E-state index is 5.55. The van der Waals surface area contributed by atoms with E-state index in [-0.39, 0.29) is 0 Å². The van der Waals surface area contributed by atoms with Crippen molar-refractivity contribution in [3.05, 3.63) is 18.0 Å². The number of H-pyrrole nitrogens is 1. The Morgan fingerprint density at radius 1 is 1.45 bits per heavy atom. The molecule has 2 rings (SSSR count). The van der Waals surface area contributed by atoms with Gasteiger partial charge in [0.1, 0.15) is 11.3 Å². The average molecular weight is 148 g/mol. The first-order valence-corrected chi connectivity index (χ1v) is 3.34. The summed E-state index contributed by atoms with van der Waals surface area (Å²) < 4.78 is 0. The van der Waals surface area contributed by atoms with Gasteiger partial charge in [-0.25, -0.2) is 9.97 Å². The van der Waals surface area contributed by atoms with Crippen molar-refractivity contribution in [2.45, 2.75) is 6.92 Å². The molecular weight excluding hydrogens is 140 g/mol. The quantitative estimate of drug-likeness (QED) is 0.582. The molecule has 2 aromatic rings. The average Bonchev–Trinajstić information content (AvgIpc) is 2.36. The van der Waals surface area contributed by atoms with Gasteiger partial charge < -0.3 is 10.7 Å². The zero-order chi connectivity index (χ0) is 7.84. The molecule has 11 heavy (non-hydrogen) atoms. The number of hydrogen-bond donors (Lipinski definition) is 2. The molecule has 0 saturated heterocycles. The first kappa shape index (κ1) is 6.15. The SMILES string of the molecule is Cc1nc2cc[nH]c2nc1N. The van der Waals surface area contributed by atoms with Crippen molar-refractivity contribution in [1.82, 2.24) is 15.0 Å². The highest BCUT2D eigenvalue weighted by Gasteiger charge is 2.00. The van der Waals surface area contributed by atoms with E-state index in [1.54, 1.807) is 6.20 Å². The van der Waals surface area contributed by atoms with Crippen molar-refractivity contribution in [3.63, 3.8) is 0 Å². The van der Waals surface area contributed by atoms with Crippen molar-refractivity contribution >= 4 is 17.0 Å². The lowest BCUT2D eigenvalue weighted by Crippen LogP contribution is -1.96. The minimum absolute atomic E-state index is 0.486. The summed E-state index contributed by atoms with van der Waals surface area (Å²) in [6.07, 6.45) is 1.80. The molecule has 0 aromatic carbocycles. The van der Waals surface area contributed by atoms with E-state index in [4.69, 9.17) is 5.73 Å². The molecule has 0 aliphatic carbocycles. The maximum Gasteiger partial charge on any atom is 0.158 e. The van der Waals surface area contributed by atoms with E-state index < -0.39 is 0 Å². The second-order valence-corrected chi connectivity index (χ2v) is 2.41. The van der Waals surface area contributed by atoms with Crippen molar-refractivity contribution in [2.75, 3.05) is 5.73 Å². The lowest BCUT2D eigenvalue weighted by atomic mass is 10.4. The Balaban J connectivity index is 2.86. The van der Waals surface area contributed by atoms with Crippen LogP contribution in [-0.4, -0.2) is 15.0 Å². The van der Waals surface area contributed by atoms with Gasteiger partial charge in [0.2, 0.25) is 0 Å². The number of aryl methyl sites for hydroxylation is 1. The zero-order valence-corrected chi connectivity index (χ0v) is 6.13. The lowest BCUT2D eigenvalue weighted by Gasteiger charge is -1.96. The van der Waals surface area contributed by atoms with Gasteiger partial charge in [0.25, 0.3) is 0 Å². The first-order valence-electron chi connectivity index (χ1n) is 3.34. The van der Waals surface area contributed by atoms with Gasteiger partial charge in [0.05, 0.1) is 5.69 Å². The van der Waals surface area contributed by atoms with Gasteiger partial charge in [-0.15, -0.1) is 0 Å². The molecule has 4 nitrogen and oxygen atoms in total. The van der Waals surface area contributed by atoms with Crippen LogP contribution < -0.4 is 5.73 Å². The van der Waals surface area contributed by atoms with E-state index in [1.807, 2.05) is 13.0 Å². The van der Waals surface area contributed by atoms with Crippen LogP contribution in [0, 0.1) is 6.92 Å². The summed E-state index contributed by atoms with van der Waals surface area (Å²) in [6.45, 7) is 1.84. The Kier molecular flexibility index (Phi) is 1.09. The zero-order valence-electron chi connectivity index (χ0n) is 6.13. The highest BCUT2D eigenvalue weighted by atomic mass is 15.0. The molecular formula is C7H8N4. The predicted molar refractivity (Wildman–Crippen MR) is 43.0 cm³/mol. The third-order valence-corrected chi connectivity index (χ3v) is 1.59. The number of rotatable bonds is 0. The maximum atomic E-state index is 5.55. The molecule has 0 aliphatic rings. The van der Waals surface area contributed by atoms with Crippen LogP contribution in [0.4, 0.5) is 5.82 Å². The number of nitrogens with zero attached hydrogens (tertiary/aromatic N) is 2. The van der Waals surface area contributed by atoms with Crippen molar-refractivity contribution in [2.24, 2.45) is 0 Å². The summed E-state index contributed by atoms with van der Waals surface area (Å²) >= 11 is 0. The molecule has 0 bridgehead atoms. The molecule has 2 aromatic heterocycles. The molecule has 0 atom stereocenters. The van der Waals surface area contributed by atoms with Gasteiger partial charge in [-0.2, -0.15) is 0 Å². The highest BCUT2D eigenvalue weighted by molar-refractivity contribution is 5.72. The summed E-state index contributed by atoms with van der Waals surface area (Å²) in [5.74, 6) is 0.486. The molecule has 3 N–H and O–H groups in total. The molecule has 4 heteroatoms. The van der Waals surface area contributed by atoms with Crippen LogP contribution in [0.5, 0.6) is 0 Å². The Labute approximate surface area is 63.5 Å². The lowest BCUT2D eigenvalue weighted by molar-refractivity contribution is 1.19. The van der Waals surface area contributed by atoms with E-state index in [9.17, 15) is 0 Å². The predicted octanol–water partition coefficient (Wildman–Crippen LogP) is 0.849.